The fraction of sp³-hybridized carbons (Fsp3) is 0.115. The van der Waals surface area contributed by atoms with Crippen molar-refractivity contribution in [1.82, 2.24) is 5.43 Å². The van der Waals surface area contributed by atoms with Gasteiger partial charge in [-0.2, -0.15) is 0 Å². The van der Waals surface area contributed by atoms with Crippen LogP contribution in [0.25, 0.3) is 6.08 Å². The van der Waals surface area contributed by atoms with Crippen molar-refractivity contribution in [2.75, 3.05) is 24.0 Å². The molecule has 0 aliphatic carbocycles. The summed E-state index contributed by atoms with van der Waals surface area (Å²) in [5.41, 5.74) is 3.94. The van der Waals surface area contributed by atoms with Gasteiger partial charge in [-0.3, -0.25) is 29.9 Å². The lowest BCUT2D eigenvalue weighted by molar-refractivity contribution is -0.385. The average Bonchev–Trinajstić information content (AvgIpc) is 3.17. The molecule has 3 aromatic rings. The van der Waals surface area contributed by atoms with E-state index in [9.17, 15) is 24.5 Å². The predicted octanol–water partition coefficient (Wildman–Crippen LogP) is 3.39. The number of hydrogen-bond donors (Lipinski definition) is 2. The van der Waals surface area contributed by atoms with Gasteiger partial charge in [-0.25, -0.2) is 5.01 Å². The summed E-state index contributed by atoms with van der Waals surface area (Å²) in [6, 6.07) is 18.1. The Kier molecular flexibility index (Phi) is 7.14. The summed E-state index contributed by atoms with van der Waals surface area (Å²) in [5.74, 6) is -2.12. The summed E-state index contributed by atoms with van der Waals surface area (Å²) in [7, 11) is 1.28. The van der Waals surface area contributed by atoms with Crippen LogP contribution in [-0.2, 0) is 14.4 Å². The highest BCUT2D eigenvalue weighted by Gasteiger charge is 2.35. The van der Waals surface area contributed by atoms with E-state index in [2.05, 4.69) is 10.7 Å². The van der Waals surface area contributed by atoms with Gasteiger partial charge in [-0.15, -0.1) is 0 Å². The van der Waals surface area contributed by atoms with E-state index in [1.54, 1.807) is 42.5 Å². The van der Waals surface area contributed by atoms with E-state index in [0.717, 1.165) is 16.6 Å². The van der Waals surface area contributed by atoms with Crippen LogP contribution in [0.4, 0.5) is 17.1 Å². The van der Waals surface area contributed by atoms with Crippen molar-refractivity contribution >= 4 is 40.9 Å². The van der Waals surface area contributed by atoms with E-state index in [1.807, 2.05) is 19.1 Å². The Hall–Kier alpha value is -5.19. The van der Waals surface area contributed by atoms with E-state index in [0.29, 0.717) is 11.4 Å². The number of para-hydroxylation sites is 1. The van der Waals surface area contributed by atoms with Gasteiger partial charge in [-0.05, 0) is 48.9 Å². The van der Waals surface area contributed by atoms with Crippen LogP contribution in [0.5, 0.6) is 11.5 Å². The molecular formula is C26H22N4O7. The molecule has 0 bridgehead atoms. The molecule has 188 valence electrons. The fourth-order valence-electron chi connectivity index (χ4n) is 3.58. The van der Waals surface area contributed by atoms with Crippen molar-refractivity contribution in [2.24, 2.45) is 0 Å². The first-order chi connectivity index (χ1) is 17.8. The Morgan fingerprint density at radius 1 is 1.11 bits per heavy atom. The second-order valence-electron chi connectivity index (χ2n) is 8.01. The maximum Gasteiger partial charge on any atom is 0.315 e. The van der Waals surface area contributed by atoms with E-state index in [1.165, 1.54) is 19.3 Å². The van der Waals surface area contributed by atoms with Gasteiger partial charge in [0, 0.05) is 11.8 Å². The molecule has 4 rings (SSSR count). The third-order valence-corrected chi connectivity index (χ3v) is 5.37. The Labute approximate surface area is 211 Å². The van der Waals surface area contributed by atoms with Crippen molar-refractivity contribution < 1.29 is 28.8 Å². The monoisotopic (exact) mass is 502 g/mol. The van der Waals surface area contributed by atoms with E-state index >= 15 is 0 Å². The molecule has 3 aromatic carbocycles. The van der Waals surface area contributed by atoms with Crippen LogP contribution < -0.4 is 25.2 Å². The normalized spacial score (nSPS) is 13.9. The third kappa shape index (κ3) is 5.56. The minimum atomic E-state index is -0.704. The molecule has 2 N–H and O–H groups in total. The number of carbonyl (C=O) groups is 3. The number of ether oxygens (including phenoxy) is 2. The smallest absolute Gasteiger partial charge is 0.315 e. The molecule has 1 saturated heterocycles. The first kappa shape index (κ1) is 24.9. The summed E-state index contributed by atoms with van der Waals surface area (Å²) < 4.78 is 10.7. The number of hydrazine groups is 1. The van der Waals surface area contributed by atoms with Crippen LogP contribution in [0.15, 0.2) is 72.3 Å². The van der Waals surface area contributed by atoms with Gasteiger partial charge in [0.2, 0.25) is 5.75 Å². The van der Waals surface area contributed by atoms with Crippen molar-refractivity contribution in [3.05, 3.63) is 93.5 Å². The highest BCUT2D eigenvalue weighted by atomic mass is 16.6. The van der Waals surface area contributed by atoms with Crippen molar-refractivity contribution in [1.29, 1.82) is 0 Å². The van der Waals surface area contributed by atoms with Crippen LogP contribution in [-0.4, -0.2) is 36.4 Å². The summed E-state index contributed by atoms with van der Waals surface area (Å²) >= 11 is 0. The van der Waals surface area contributed by atoms with Crippen LogP contribution in [0.1, 0.15) is 11.1 Å². The highest BCUT2D eigenvalue weighted by Crippen LogP contribution is 2.39. The number of nitrogens with one attached hydrogen (secondary N) is 2. The van der Waals surface area contributed by atoms with Crippen LogP contribution >= 0.6 is 0 Å². The number of methoxy groups -OCH3 is 1. The van der Waals surface area contributed by atoms with Crippen molar-refractivity contribution in [2.45, 2.75) is 6.92 Å². The number of hydrogen-bond acceptors (Lipinski definition) is 7. The lowest BCUT2D eigenvalue weighted by Gasteiger charge is -2.14. The lowest BCUT2D eigenvalue weighted by atomic mass is 10.1. The Bertz CT molecular complexity index is 1400. The summed E-state index contributed by atoms with van der Waals surface area (Å²) in [5, 5.41) is 15.5. The number of aryl methyl sites for hydroxylation is 1. The summed E-state index contributed by atoms with van der Waals surface area (Å²) in [6.07, 6.45) is 1.23. The van der Waals surface area contributed by atoms with Gasteiger partial charge in [-0.1, -0.05) is 35.9 Å². The molecule has 1 aliphatic heterocycles. The van der Waals surface area contributed by atoms with E-state index < -0.39 is 34.9 Å². The highest BCUT2D eigenvalue weighted by molar-refractivity contribution is 6.31. The molecular weight excluding hydrogens is 480 g/mol. The van der Waals surface area contributed by atoms with E-state index in [4.69, 9.17) is 9.47 Å². The maximum absolute atomic E-state index is 12.8. The van der Waals surface area contributed by atoms with Crippen molar-refractivity contribution in [3.8, 4) is 11.5 Å². The molecule has 37 heavy (non-hydrogen) atoms. The van der Waals surface area contributed by atoms with Crippen molar-refractivity contribution in [3.63, 3.8) is 0 Å². The first-order valence-corrected chi connectivity index (χ1v) is 11.0. The topological polar surface area (TPSA) is 140 Å². The van der Waals surface area contributed by atoms with Crippen LogP contribution in [0.3, 0.4) is 0 Å². The van der Waals surface area contributed by atoms with Gasteiger partial charge in [0.25, 0.3) is 17.7 Å². The number of benzene rings is 3. The standard InChI is InChI=1S/C26H22N4O7/c1-16-8-10-18(11-9-16)27-23(31)15-37-24-21(30(34)35)13-17(14-22(24)36-2)12-20-25(32)28-29(26(20)33)19-6-4-3-5-7-19/h3-14H,15H2,1-2H3,(H,27,31)(H,28,32)/b20-12-. The van der Waals surface area contributed by atoms with Crippen LogP contribution in [0, 0.1) is 17.0 Å². The van der Waals surface area contributed by atoms with Gasteiger partial charge >= 0.3 is 5.69 Å². The molecule has 11 heteroatoms. The number of nitro groups is 1. The average molecular weight is 502 g/mol. The number of carbonyl (C=O) groups excluding carboxylic acids is 3. The molecule has 0 unspecified atom stereocenters. The van der Waals surface area contributed by atoms with Gasteiger partial charge in [0.05, 0.1) is 17.7 Å². The second-order valence-corrected chi connectivity index (χ2v) is 8.01. The van der Waals surface area contributed by atoms with E-state index in [-0.39, 0.29) is 22.6 Å². The molecule has 0 radical (unpaired) electrons. The number of nitrogens with zero attached hydrogens (tertiary/aromatic N) is 2. The fourth-order valence-corrected chi connectivity index (χ4v) is 3.58. The Morgan fingerprint density at radius 2 is 1.81 bits per heavy atom. The number of anilines is 2. The molecule has 11 nitrogen and oxygen atoms in total. The largest absolute Gasteiger partial charge is 0.493 e. The number of nitro benzene ring substituents is 1. The van der Waals surface area contributed by atoms with Gasteiger partial charge in [0.15, 0.2) is 12.4 Å². The molecule has 0 spiro atoms. The molecule has 3 amide bonds. The zero-order chi connectivity index (χ0) is 26.5. The third-order valence-electron chi connectivity index (χ3n) is 5.37. The number of rotatable bonds is 8. The molecule has 1 fully saturated rings. The van der Waals surface area contributed by atoms with Gasteiger partial charge in [0.1, 0.15) is 5.57 Å². The minimum Gasteiger partial charge on any atom is -0.493 e. The molecule has 1 aliphatic rings. The quantitative estimate of drug-likeness (QED) is 0.208. The van der Waals surface area contributed by atoms with Crippen LogP contribution in [0.2, 0.25) is 0 Å². The zero-order valence-electron chi connectivity index (χ0n) is 19.9. The zero-order valence-corrected chi connectivity index (χ0v) is 19.9. The summed E-state index contributed by atoms with van der Waals surface area (Å²) in [4.78, 5) is 48.8. The lowest BCUT2D eigenvalue weighted by Crippen LogP contribution is -2.35. The first-order valence-electron chi connectivity index (χ1n) is 11.0. The van der Waals surface area contributed by atoms with Gasteiger partial charge < -0.3 is 14.8 Å². The summed E-state index contributed by atoms with van der Waals surface area (Å²) in [6.45, 7) is 1.40. The maximum atomic E-state index is 12.8. The SMILES string of the molecule is COc1cc(/C=C2/C(=O)NN(c3ccccc3)C2=O)cc([N+](=O)[O-])c1OCC(=O)Nc1ccc(C)cc1. The molecule has 0 atom stereocenters. The second kappa shape index (κ2) is 10.6. The minimum absolute atomic E-state index is 0.0463. The molecule has 1 heterocycles. The molecule has 0 aromatic heterocycles. The number of amides is 3. The molecule has 0 saturated carbocycles. The predicted molar refractivity (Wildman–Crippen MR) is 135 cm³/mol. The Morgan fingerprint density at radius 3 is 2.46 bits per heavy atom. The Balaban J connectivity index is 1.58.